The van der Waals surface area contributed by atoms with Crippen LogP contribution >= 0.6 is 0 Å². The minimum Gasteiger partial charge on any atom is -0.353 e. The summed E-state index contributed by atoms with van der Waals surface area (Å²) in [6.07, 6.45) is 1.71. The van der Waals surface area contributed by atoms with Gasteiger partial charge in [-0.25, -0.2) is 0 Å². The molecule has 1 heterocycles. The standard InChI is InChI=1S/C10H19NO/c1-7(2)9-10(3,4)6-5-8(12)11-9/h7,9H,5-6H2,1-4H3,(H,11,12). The van der Waals surface area contributed by atoms with Crippen LogP contribution in [0.4, 0.5) is 0 Å². The lowest BCUT2D eigenvalue weighted by atomic mass is 9.73. The molecule has 2 nitrogen and oxygen atoms in total. The summed E-state index contributed by atoms with van der Waals surface area (Å²) in [6.45, 7) is 8.80. The lowest BCUT2D eigenvalue weighted by Gasteiger charge is -2.41. The zero-order valence-electron chi connectivity index (χ0n) is 8.48. The molecule has 1 atom stereocenters. The van der Waals surface area contributed by atoms with Crippen molar-refractivity contribution in [3.8, 4) is 0 Å². The third kappa shape index (κ3) is 1.79. The van der Waals surface area contributed by atoms with Gasteiger partial charge in [-0.15, -0.1) is 0 Å². The summed E-state index contributed by atoms with van der Waals surface area (Å²) in [5.41, 5.74) is 0.266. The van der Waals surface area contributed by atoms with Gasteiger partial charge in [-0.1, -0.05) is 27.7 Å². The second kappa shape index (κ2) is 3.08. The largest absolute Gasteiger partial charge is 0.353 e. The number of hydrogen-bond donors (Lipinski definition) is 1. The molecule has 1 amide bonds. The van der Waals surface area contributed by atoms with E-state index >= 15 is 0 Å². The van der Waals surface area contributed by atoms with Crippen LogP contribution < -0.4 is 5.32 Å². The van der Waals surface area contributed by atoms with Gasteiger partial charge in [-0.3, -0.25) is 4.79 Å². The Kier molecular flexibility index (Phi) is 2.45. The summed E-state index contributed by atoms with van der Waals surface area (Å²) in [5.74, 6) is 0.747. The SMILES string of the molecule is CC(C)C1NC(=O)CCC1(C)C. The van der Waals surface area contributed by atoms with E-state index in [9.17, 15) is 4.79 Å². The van der Waals surface area contributed by atoms with E-state index in [1.54, 1.807) is 0 Å². The molecule has 1 aliphatic heterocycles. The van der Waals surface area contributed by atoms with Crippen molar-refractivity contribution in [2.24, 2.45) is 11.3 Å². The summed E-state index contributed by atoms with van der Waals surface area (Å²) in [7, 11) is 0. The third-order valence-corrected chi connectivity index (χ3v) is 2.82. The molecule has 2 heteroatoms. The number of piperidine rings is 1. The molecule has 1 rings (SSSR count). The van der Waals surface area contributed by atoms with Crippen LogP contribution in [0.25, 0.3) is 0 Å². The van der Waals surface area contributed by atoms with E-state index in [1.165, 1.54) is 0 Å². The highest BCUT2D eigenvalue weighted by atomic mass is 16.1. The van der Waals surface area contributed by atoms with Crippen LogP contribution in [0.15, 0.2) is 0 Å². The maximum absolute atomic E-state index is 11.2. The maximum Gasteiger partial charge on any atom is 0.220 e. The predicted octanol–water partition coefficient (Wildman–Crippen LogP) is 1.95. The van der Waals surface area contributed by atoms with E-state index in [0.29, 0.717) is 18.4 Å². The fraction of sp³-hybridized carbons (Fsp3) is 0.900. The van der Waals surface area contributed by atoms with Gasteiger partial charge in [-0.2, -0.15) is 0 Å². The van der Waals surface area contributed by atoms with E-state index in [0.717, 1.165) is 6.42 Å². The molecule has 1 unspecified atom stereocenters. The Hall–Kier alpha value is -0.530. The predicted molar refractivity (Wildman–Crippen MR) is 49.8 cm³/mol. The first-order valence-corrected chi connectivity index (χ1v) is 4.73. The van der Waals surface area contributed by atoms with Crippen LogP contribution in [0.1, 0.15) is 40.5 Å². The van der Waals surface area contributed by atoms with Crippen LogP contribution in [0.2, 0.25) is 0 Å². The summed E-state index contributed by atoms with van der Waals surface area (Å²) in [5, 5.41) is 3.07. The summed E-state index contributed by atoms with van der Waals surface area (Å²) < 4.78 is 0. The maximum atomic E-state index is 11.2. The van der Waals surface area contributed by atoms with Crippen molar-refractivity contribution in [1.29, 1.82) is 0 Å². The quantitative estimate of drug-likeness (QED) is 0.638. The van der Waals surface area contributed by atoms with Crippen molar-refractivity contribution < 1.29 is 4.79 Å². The first-order chi connectivity index (χ1) is 5.43. The van der Waals surface area contributed by atoms with Crippen molar-refractivity contribution in [2.75, 3.05) is 0 Å². The Morgan fingerprint density at radius 1 is 1.50 bits per heavy atom. The molecule has 0 aliphatic carbocycles. The molecule has 0 spiro atoms. The Balaban J connectivity index is 2.72. The Morgan fingerprint density at radius 2 is 2.08 bits per heavy atom. The fourth-order valence-electron chi connectivity index (χ4n) is 2.10. The van der Waals surface area contributed by atoms with Crippen LogP contribution in [-0.2, 0) is 4.79 Å². The second-order valence-electron chi connectivity index (χ2n) is 4.78. The highest BCUT2D eigenvalue weighted by Gasteiger charge is 2.36. The molecule has 0 aromatic heterocycles. The smallest absolute Gasteiger partial charge is 0.220 e. The van der Waals surface area contributed by atoms with Gasteiger partial charge >= 0.3 is 0 Å². The van der Waals surface area contributed by atoms with Crippen molar-refractivity contribution in [2.45, 2.75) is 46.6 Å². The number of carbonyl (C=O) groups is 1. The average molecular weight is 169 g/mol. The van der Waals surface area contributed by atoms with E-state index in [2.05, 4.69) is 33.0 Å². The number of hydrogen-bond acceptors (Lipinski definition) is 1. The van der Waals surface area contributed by atoms with Crippen LogP contribution in [0.3, 0.4) is 0 Å². The van der Waals surface area contributed by atoms with Crippen LogP contribution in [-0.4, -0.2) is 11.9 Å². The van der Waals surface area contributed by atoms with E-state index in [4.69, 9.17) is 0 Å². The van der Waals surface area contributed by atoms with Gasteiger partial charge in [-0.05, 0) is 17.8 Å². The number of rotatable bonds is 1. The Labute approximate surface area is 74.7 Å². The first kappa shape index (κ1) is 9.56. The van der Waals surface area contributed by atoms with Gasteiger partial charge in [0.05, 0.1) is 0 Å². The Bertz CT molecular complexity index is 184. The number of nitrogens with one attached hydrogen (secondary N) is 1. The van der Waals surface area contributed by atoms with Gasteiger partial charge in [0.2, 0.25) is 5.91 Å². The highest BCUT2D eigenvalue weighted by Crippen LogP contribution is 2.33. The van der Waals surface area contributed by atoms with Gasteiger partial charge in [0, 0.05) is 12.5 Å². The first-order valence-electron chi connectivity index (χ1n) is 4.73. The molecule has 0 saturated carbocycles. The molecule has 12 heavy (non-hydrogen) atoms. The molecule has 1 aliphatic rings. The molecule has 1 saturated heterocycles. The molecule has 0 aromatic rings. The lowest BCUT2D eigenvalue weighted by Crippen LogP contribution is -2.52. The molecule has 0 radical (unpaired) electrons. The second-order valence-corrected chi connectivity index (χ2v) is 4.78. The summed E-state index contributed by atoms with van der Waals surface area (Å²) in [6, 6.07) is 0.346. The third-order valence-electron chi connectivity index (χ3n) is 2.82. The minimum atomic E-state index is 0.216. The van der Waals surface area contributed by atoms with Gasteiger partial charge in [0.25, 0.3) is 0 Å². The fourth-order valence-corrected chi connectivity index (χ4v) is 2.10. The number of amides is 1. The highest BCUT2D eigenvalue weighted by molar-refractivity contribution is 5.77. The molecule has 1 N–H and O–H groups in total. The zero-order chi connectivity index (χ0) is 9.35. The minimum absolute atomic E-state index is 0.216. The van der Waals surface area contributed by atoms with E-state index in [1.807, 2.05) is 0 Å². The van der Waals surface area contributed by atoms with E-state index in [-0.39, 0.29) is 11.3 Å². The monoisotopic (exact) mass is 169 g/mol. The molecule has 0 aromatic carbocycles. The number of carbonyl (C=O) groups excluding carboxylic acids is 1. The Morgan fingerprint density at radius 3 is 2.50 bits per heavy atom. The summed E-state index contributed by atoms with van der Waals surface area (Å²) >= 11 is 0. The van der Waals surface area contributed by atoms with Crippen molar-refractivity contribution in [3.05, 3.63) is 0 Å². The van der Waals surface area contributed by atoms with Gasteiger partial charge in [0.15, 0.2) is 0 Å². The molecular weight excluding hydrogens is 150 g/mol. The van der Waals surface area contributed by atoms with Crippen molar-refractivity contribution >= 4 is 5.91 Å². The normalized spacial score (nSPS) is 28.8. The average Bonchev–Trinajstić information content (AvgIpc) is 1.94. The molecular formula is C10H19NO. The molecule has 0 bridgehead atoms. The molecule has 1 fully saturated rings. The van der Waals surface area contributed by atoms with E-state index < -0.39 is 0 Å². The van der Waals surface area contributed by atoms with Gasteiger partial charge < -0.3 is 5.32 Å². The van der Waals surface area contributed by atoms with Gasteiger partial charge in [0.1, 0.15) is 0 Å². The van der Waals surface area contributed by atoms with Crippen molar-refractivity contribution in [1.82, 2.24) is 5.32 Å². The van der Waals surface area contributed by atoms with Crippen LogP contribution in [0.5, 0.6) is 0 Å². The molecule has 70 valence electrons. The van der Waals surface area contributed by atoms with Crippen LogP contribution in [0, 0.1) is 11.3 Å². The van der Waals surface area contributed by atoms with Crippen molar-refractivity contribution in [3.63, 3.8) is 0 Å². The summed E-state index contributed by atoms with van der Waals surface area (Å²) in [4.78, 5) is 11.2. The zero-order valence-corrected chi connectivity index (χ0v) is 8.48. The lowest BCUT2D eigenvalue weighted by molar-refractivity contribution is -0.126. The topological polar surface area (TPSA) is 29.1 Å².